The lowest BCUT2D eigenvalue weighted by Crippen LogP contribution is -2.06. The molecule has 2 rings (SSSR count). The maximum atomic E-state index is 12.5. The van der Waals surface area contributed by atoms with Crippen molar-refractivity contribution in [3.63, 3.8) is 0 Å². The van der Waals surface area contributed by atoms with E-state index in [0.29, 0.717) is 11.1 Å². The van der Waals surface area contributed by atoms with E-state index < -0.39 is 17.8 Å². The van der Waals surface area contributed by atoms with E-state index in [9.17, 15) is 18.3 Å². The van der Waals surface area contributed by atoms with Crippen LogP contribution < -0.4 is 0 Å². The molecule has 0 radical (unpaired) electrons. The van der Waals surface area contributed by atoms with E-state index in [1.165, 1.54) is 12.1 Å². The summed E-state index contributed by atoms with van der Waals surface area (Å²) in [5.41, 5.74) is 1.28. The van der Waals surface area contributed by atoms with Crippen LogP contribution in [0.15, 0.2) is 46.9 Å². The van der Waals surface area contributed by atoms with Crippen LogP contribution in [0.4, 0.5) is 13.2 Å². The van der Waals surface area contributed by atoms with Gasteiger partial charge in [0.25, 0.3) is 0 Å². The van der Waals surface area contributed by atoms with Crippen LogP contribution in [-0.2, 0) is 6.18 Å². The van der Waals surface area contributed by atoms with Crippen molar-refractivity contribution >= 4 is 15.9 Å². The highest BCUT2D eigenvalue weighted by molar-refractivity contribution is 9.10. The average Bonchev–Trinajstić information content (AvgIpc) is 2.40. The minimum atomic E-state index is -4.37. The minimum absolute atomic E-state index is 0.421. The third kappa shape index (κ3) is 3.04. The number of aliphatic hydroxyl groups is 1. The van der Waals surface area contributed by atoms with Crippen molar-refractivity contribution < 1.29 is 18.3 Å². The van der Waals surface area contributed by atoms with Crippen LogP contribution in [0.1, 0.15) is 28.4 Å². The Bertz CT molecular complexity index is 606. The summed E-state index contributed by atoms with van der Waals surface area (Å²) in [6.07, 6.45) is -5.33. The van der Waals surface area contributed by atoms with Crippen LogP contribution in [0, 0.1) is 6.92 Å². The van der Waals surface area contributed by atoms with Gasteiger partial charge >= 0.3 is 6.18 Å². The van der Waals surface area contributed by atoms with Crippen LogP contribution in [0.2, 0.25) is 0 Å². The zero-order valence-corrected chi connectivity index (χ0v) is 12.2. The molecular formula is C15H12BrF3O. The highest BCUT2D eigenvalue weighted by atomic mass is 79.9. The first kappa shape index (κ1) is 15.1. The molecule has 0 amide bonds. The fraction of sp³-hybridized carbons (Fsp3) is 0.200. The smallest absolute Gasteiger partial charge is 0.384 e. The number of alkyl halides is 3. The molecule has 0 aromatic heterocycles. The summed E-state index contributed by atoms with van der Waals surface area (Å²) in [5, 5.41) is 10.3. The first-order valence-corrected chi connectivity index (χ1v) is 6.70. The Morgan fingerprint density at radius 3 is 2.20 bits per heavy atom. The van der Waals surface area contributed by atoms with Gasteiger partial charge in [-0.1, -0.05) is 46.3 Å². The quantitative estimate of drug-likeness (QED) is 0.824. The van der Waals surface area contributed by atoms with Crippen LogP contribution >= 0.6 is 15.9 Å². The Labute approximate surface area is 123 Å². The van der Waals surface area contributed by atoms with Gasteiger partial charge in [-0.3, -0.25) is 0 Å². The molecule has 0 fully saturated rings. The van der Waals surface area contributed by atoms with Gasteiger partial charge < -0.3 is 5.11 Å². The summed E-state index contributed by atoms with van der Waals surface area (Å²) in [6, 6.07) is 9.95. The van der Waals surface area contributed by atoms with Crippen molar-refractivity contribution in [1.29, 1.82) is 0 Å². The molecule has 106 valence electrons. The van der Waals surface area contributed by atoms with E-state index in [2.05, 4.69) is 15.9 Å². The molecule has 1 unspecified atom stereocenters. The van der Waals surface area contributed by atoms with Gasteiger partial charge in [0, 0.05) is 4.47 Å². The summed E-state index contributed by atoms with van der Waals surface area (Å²) < 4.78 is 38.2. The molecule has 2 aromatic carbocycles. The average molecular weight is 345 g/mol. The predicted octanol–water partition coefficient (Wildman–Crippen LogP) is 4.86. The first-order chi connectivity index (χ1) is 9.30. The molecule has 1 nitrogen and oxygen atoms in total. The van der Waals surface area contributed by atoms with Crippen molar-refractivity contribution in [2.75, 3.05) is 0 Å². The molecular weight excluding hydrogens is 333 g/mol. The highest BCUT2D eigenvalue weighted by Crippen LogP contribution is 2.33. The number of hydrogen-bond donors (Lipinski definition) is 1. The Morgan fingerprint density at radius 2 is 1.65 bits per heavy atom. The maximum Gasteiger partial charge on any atom is 0.416 e. The number of aliphatic hydroxyl groups excluding tert-OH is 1. The van der Waals surface area contributed by atoms with Gasteiger partial charge in [-0.05, 0) is 35.7 Å². The second-order valence-corrected chi connectivity index (χ2v) is 5.29. The molecule has 1 atom stereocenters. The summed E-state index contributed by atoms with van der Waals surface area (Å²) >= 11 is 3.38. The molecule has 0 heterocycles. The van der Waals surface area contributed by atoms with Crippen molar-refractivity contribution in [2.24, 2.45) is 0 Å². The zero-order chi connectivity index (χ0) is 14.9. The monoisotopic (exact) mass is 344 g/mol. The molecule has 5 heteroatoms. The fourth-order valence-electron chi connectivity index (χ4n) is 1.92. The molecule has 2 aromatic rings. The van der Waals surface area contributed by atoms with E-state index in [1.807, 2.05) is 13.0 Å². The molecule has 20 heavy (non-hydrogen) atoms. The van der Waals surface area contributed by atoms with E-state index in [4.69, 9.17) is 0 Å². The zero-order valence-electron chi connectivity index (χ0n) is 10.6. The number of rotatable bonds is 2. The number of halogens is 4. The van der Waals surface area contributed by atoms with Gasteiger partial charge in [0.05, 0.1) is 5.56 Å². The maximum absolute atomic E-state index is 12.5. The first-order valence-electron chi connectivity index (χ1n) is 5.91. The minimum Gasteiger partial charge on any atom is -0.384 e. The van der Waals surface area contributed by atoms with E-state index >= 15 is 0 Å². The Kier molecular flexibility index (Phi) is 4.20. The molecule has 0 aliphatic heterocycles. The van der Waals surface area contributed by atoms with Crippen LogP contribution in [0.3, 0.4) is 0 Å². The summed E-state index contributed by atoms with van der Waals surface area (Å²) in [4.78, 5) is 0. The van der Waals surface area contributed by atoms with Crippen molar-refractivity contribution in [2.45, 2.75) is 19.2 Å². The Hall–Kier alpha value is -1.33. The summed E-state index contributed by atoms with van der Waals surface area (Å²) in [6.45, 7) is 1.88. The van der Waals surface area contributed by atoms with Crippen LogP contribution in [0.5, 0.6) is 0 Å². The SMILES string of the molecule is Cc1cccc(C(O)c2ccc(C(F)(F)F)cc2)c1Br. The molecule has 0 saturated carbocycles. The van der Waals surface area contributed by atoms with Gasteiger partial charge in [-0.25, -0.2) is 0 Å². The van der Waals surface area contributed by atoms with Crippen molar-refractivity contribution in [3.05, 3.63) is 69.2 Å². The summed E-state index contributed by atoms with van der Waals surface area (Å²) in [5.74, 6) is 0. The number of hydrogen-bond acceptors (Lipinski definition) is 1. The third-order valence-corrected chi connectivity index (χ3v) is 4.15. The number of aryl methyl sites for hydroxylation is 1. The number of benzene rings is 2. The van der Waals surface area contributed by atoms with Gasteiger partial charge in [0.1, 0.15) is 6.10 Å². The summed E-state index contributed by atoms with van der Waals surface area (Å²) in [7, 11) is 0. The van der Waals surface area contributed by atoms with Crippen molar-refractivity contribution in [1.82, 2.24) is 0 Å². The van der Waals surface area contributed by atoms with Gasteiger partial charge in [0.2, 0.25) is 0 Å². The van der Waals surface area contributed by atoms with E-state index in [0.717, 1.165) is 22.2 Å². The lowest BCUT2D eigenvalue weighted by atomic mass is 9.99. The normalized spacial score (nSPS) is 13.3. The van der Waals surface area contributed by atoms with Crippen LogP contribution in [-0.4, -0.2) is 5.11 Å². The second kappa shape index (κ2) is 5.58. The molecule has 0 aliphatic rings. The van der Waals surface area contributed by atoms with Crippen molar-refractivity contribution in [3.8, 4) is 0 Å². The standard InChI is InChI=1S/C15H12BrF3O/c1-9-3-2-4-12(13(9)16)14(20)10-5-7-11(8-6-10)15(17,18)19/h2-8,14,20H,1H3. The Morgan fingerprint density at radius 1 is 1.05 bits per heavy atom. The lowest BCUT2D eigenvalue weighted by molar-refractivity contribution is -0.137. The third-order valence-electron chi connectivity index (χ3n) is 3.07. The molecule has 0 spiro atoms. The topological polar surface area (TPSA) is 20.2 Å². The van der Waals surface area contributed by atoms with Crippen LogP contribution in [0.25, 0.3) is 0 Å². The van der Waals surface area contributed by atoms with Gasteiger partial charge in [-0.2, -0.15) is 13.2 Å². The predicted molar refractivity (Wildman–Crippen MR) is 74.4 cm³/mol. The fourth-order valence-corrected chi connectivity index (χ4v) is 2.40. The highest BCUT2D eigenvalue weighted by Gasteiger charge is 2.30. The second-order valence-electron chi connectivity index (χ2n) is 4.50. The van der Waals surface area contributed by atoms with E-state index in [-0.39, 0.29) is 0 Å². The largest absolute Gasteiger partial charge is 0.416 e. The van der Waals surface area contributed by atoms with E-state index in [1.54, 1.807) is 12.1 Å². The molecule has 0 bridgehead atoms. The molecule has 0 saturated heterocycles. The molecule has 1 N–H and O–H groups in total. The lowest BCUT2D eigenvalue weighted by Gasteiger charge is -2.15. The van der Waals surface area contributed by atoms with Gasteiger partial charge in [0.15, 0.2) is 0 Å². The molecule has 0 aliphatic carbocycles. The Balaban J connectivity index is 2.34. The van der Waals surface area contributed by atoms with Gasteiger partial charge in [-0.15, -0.1) is 0 Å².